The minimum atomic E-state index is -0.550. The van der Waals surface area contributed by atoms with Gasteiger partial charge in [-0.25, -0.2) is 0 Å². The molecule has 0 bridgehead atoms. The summed E-state index contributed by atoms with van der Waals surface area (Å²) in [5, 5.41) is 18.5. The van der Waals surface area contributed by atoms with Crippen LogP contribution in [0.25, 0.3) is 0 Å². The fraction of sp³-hybridized carbons (Fsp3) is 1.00. The second kappa shape index (κ2) is 3.52. The van der Waals surface area contributed by atoms with Crippen molar-refractivity contribution in [1.82, 2.24) is 4.90 Å². The van der Waals surface area contributed by atoms with Crippen LogP contribution in [0.2, 0.25) is 0 Å². The van der Waals surface area contributed by atoms with Gasteiger partial charge in [0.25, 0.3) is 0 Å². The van der Waals surface area contributed by atoms with Crippen molar-refractivity contribution < 1.29 is 10.2 Å². The largest absolute Gasteiger partial charge is 0.390 e. The third-order valence-electron chi connectivity index (χ3n) is 2.31. The summed E-state index contributed by atoms with van der Waals surface area (Å²) in [5.41, 5.74) is 0. The Balaban J connectivity index is 2.40. The highest BCUT2D eigenvalue weighted by molar-refractivity contribution is 4.80. The Hall–Kier alpha value is -0.120. The average molecular weight is 159 g/mol. The van der Waals surface area contributed by atoms with Crippen molar-refractivity contribution in [2.24, 2.45) is 0 Å². The fourth-order valence-electron chi connectivity index (χ4n) is 1.41. The number of hydrogen-bond donors (Lipinski definition) is 2. The zero-order chi connectivity index (χ0) is 8.43. The molecule has 0 amide bonds. The molecule has 1 saturated heterocycles. The molecule has 1 fully saturated rings. The summed E-state index contributed by atoms with van der Waals surface area (Å²) < 4.78 is 0. The molecule has 1 heterocycles. The van der Waals surface area contributed by atoms with Crippen LogP contribution < -0.4 is 0 Å². The highest BCUT2D eigenvalue weighted by Gasteiger charge is 2.26. The van der Waals surface area contributed by atoms with Gasteiger partial charge in [0.05, 0.1) is 12.2 Å². The number of aliphatic hydroxyl groups is 2. The Labute approximate surface area is 67.6 Å². The summed E-state index contributed by atoms with van der Waals surface area (Å²) in [7, 11) is 0. The third kappa shape index (κ3) is 2.15. The lowest BCUT2D eigenvalue weighted by molar-refractivity contribution is -0.0456. The molecule has 3 nitrogen and oxygen atoms in total. The predicted octanol–water partition coefficient (Wildman–Crippen LogP) is -0.178. The van der Waals surface area contributed by atoms with Crippen molar-refractivity contribution in [2.45, 2.75) is 38.5 Å². The van der Waals surface area contributed by atoms with Crippen molar-refractivity contribution in [3.63, 3.8) is 0 Å². The monoisotopic (exact) mass is 159 g/mol. The predicted molar refractivity (Wildman–Crippen MR) is 43.3 cm³/mol. The maximum Gasteiger partial charge on any atom is 0.0926 e. The van der Waals surface area contributed by atoms with Gasteiger partial charge in [-0.15, -0.1) is 0 Å². The lowest BCUT2D eigenvalue weighted by Gasteiger charge is -2.35. The van der Waals surface area contributed by atoms with E-state index >= 15 is 0 Å². The third-order valence-corrected chi connectivity index (χ3v) is 2.31. The van der Waals surface area contributed by atoms with Crippen LogP contribution in [0.3, 0.4) is 0 Å². The first kappa shape index (κ1) is 8.97. The van der Waals surface area contributed by atoms with E-state index in [1.807, 2.05) is 0 Å². The van der Waals surface area contributed by atoms with Gasteiger partial charge < -0.3 is 10.2 Å². The Morgan fingerprint density at radius 2 is 1.91 bits per heavy atom. The summed E-state index contributed by atoms with van der Waals surface area (Å²) in [5.74, 6) is 0. The molecule has 0 spiro atoms. The maximum atomic E-state index is 9.31. The summed E-state index contributed by atoms with van der Waals surface area (Å²) >= 11 is 0. The van der Waals surface area contributed by atoms with Gasteiger partial charge in [0.1, 0.15) is 0 Å². The maximum absolute atomic E-state index is 9.31. The topological polar surface area (TPSA) is 43.7 Å². The Morgan fingerprint density at radius 3 is 2.36 bits per heavy atom. The van der Waals surface area contributed by atoms with E-state index in [9.17, 15) is 10.2 Å². The minimum absolute atomic E-state index is 0.470. The highest BCUT2D eigenvalue weighted by Crippen LogP contribution is 2.12. The number of rotatable bonds is 1. The number of likely N-dealkylation sites (tertiary alicyclic amines) is 1. The van der Waals surface area contributed by atoms with Crippen LogP contribution in [-0.4, -0.2) is 46.5 Å². The summed E-state index contributed by atoms with van der Waals surface area (Å²) in [6.07, 6.45) is -0.365. The molecule has 1 rings (SSSR count). The van der Waals surface area contributed by atoms with E-state index in [0.29, 0.717) is 19.0 Å². The molecule has 3 heteroatoms. The fourth-order valence-corrected chi connectivity index (χ4v) is 1.41. The summed E-state index contributed by atoms with van der Waals surface area (Å²) in [4.78, 5) is 2.18. The molecule has 0 radical (unpaired) electrons. The zero-order valence-electron chi connectivity index (χ0n) is 7.20. The van der Waals surface area contributed by atoms with E-state index in [-0.39, 0.29) is 0 Å². The molecule has 0 aliphatic carbocycles. The van der Waals surface area contributed by atoms with Crippen LogP contribution >= 0.6 is 0 Å². The molecule has 2 N–H and O–H groups in total. The molecule has 1 aliphatic rings. The van der Waals surface area contributed by atoms with Gasteiger partial charge >= 0.3 is 0 Å². The lowest BCUT2D eigenvalue weighted by atomic mass is 10.0. The molecule has 66 valence electrons. The number of nitrogens with zero attached hydrogens (tertiary/aromatic N) is 1. The normalized spacial score (nSPS) is 34.6. The first-order valence-electron chi connectivity index (χ1n) is 4.21. The van der Waals surface area contributed by atoms with E-state index in [1.165, 1.54) is 0 Å². The van der Waals surface area contributed by atoms with Gasteiger partial charge in [-0.2, -0.15) is 0 Å². The van der Waals surface area contributed by atoms with Crippen molar-refractivity contribution >= 4 is 0 Å². The molecule has 0 unspecified atom stereocenters. The van der Waals surface area contributed by atoms with Crippen molar-refractivity contribution in [1.29, 1.82) is 0 Å². The minimum Gasteiger partial charge on any atom is -0.390 e. The van der Waals surface area contributed by atoms with E-state index in [1.54, 1.807) is 0 Å². The Bertz CT molecular complexity index is 127. The van der Waals surface area contributed by atoms with Crippen molar-refractivity contribution in [3.05, 3.63) is 0 Å². The average Bonchev–Trinajstić information content (AvgIpc) is 1.94. The molecule has 0 saturated carbocycles. The Kier molecular flexibility index (Phi) is 2.87. The van der Waals surface area contributed by atoms with Crippen LogP contribution in [0.4, 0.5) is 0 Å². The quantitative estimate of drug-likeness (QED) is 0.558. The smallest absolute Gasteiger partial charge is 0.0926 e. The standard InChI is InChI=1S/C8H17NO2/c1-6(2)9-4-3-7(10)8(11)5-9/h6-8,10-11H,3-5H2,1-2H3/t7-,8-/m1/s1. The van der Waals surface area contributed by atoms with E-state index in [2.05, 4.69) is 18.7 Å². The van der Waals surface area contributed by atoms with Gasteiger partial charge in [-0.3, -0.25) is 4.90 Å². The Morgan fingerprint density at radius 1 is 1.27 bits per heavy atom. The van der Waals surface area contributed by atoms with E-state index in [0.717, 1.165) is 6.54 Å². The van der Waals surface area contributed by atoms with Gasteiger partial charge in [0.2, 0.25) is 0 Å². The van der Waals surface area contributed by atoms with Crippen molar-refractivity contribution in [2.75, 3.05) is 13.1 Å². The SMILES string of the molecule is CC(C)N1CC[C@@H](O)[C@H](O)C1. The summed E-state index contributed by atoms with van der Waals surface area (Å²) in [6.45, 7) is 5.71. The van der Waals surface area contributed by atoms with Crippen LogP contribution in [0, 0.1) is 0 Å². The second-order valence-corrected chi connectivity index (χ2v) is 3.51. The number of hydrogen-bond acceptors (Lipinski definition) is 3. The number of β-amino-alcohol motifs (C(OH)–C–C–N with tert-alkyl or cyclic N) is 1. The number of piperidine rings is 1. The van der Waals surface area contributed by atoms with E-state index < -0.39 is 12.2 Å². The molecule has 0 aromatic rings. The zero-order valence-corrected chi connectivity index (χ0v) is 7.20. The van der Waals surface area contributed by atoms with Crippen molar-refractivity contribution in [3.8, 4) is 0 Å². The highest BCUT2D eigenvalue weighted by atomic mass is 16.3. The molecule has 0 aromatic carbocycles. The molecule has 2 atom stereocenters. The van der Waals surface area contributed by atoms with Crippen LogP contribution in [0.1, 0.15) is 20.3 Å². The van der Waals surface area contributed by atoms with Gasteiger partial charge in [-0.1, -0.05) is 0 Å². The molecular formula is C8H17NO2. The number of aliphatic hydroxyl groups excluding tert-OH is 2. The van der Waals surface area contributed by atoms with Gasteiger partial charge in [-0.05, 0) is 20.3 Å². The van der Waals surface area contributed by atoms with E-state index in [4.69, 9.17) is 0 Å². The first-order valence-corrected chi connectivity index (χ1v) is 4.21. The second-order valence-electron chi connectivity index (χ2n) is 3.51. The lowest BCUT2D eigenvalue weighted by Crippen LogP contribution is -2.49. The van der Waals surface area contributed by atoms with Crippen LogP contribution in [-0.2, 0) is 0 Å². The summed E-state index contributed by atoms with van der Waals surface area (Å²) in [6, 6.07) is 0.470. The van der Waals surface area contributed by atoms with Gasteiger partial charge in [0, 0.05) is 19.1 Å². The molecule has 1 aliphatic heterocycles. The molecular weight excluding hydrogens is 142 g/mol. The van der Waals surface area contributed by atoms with Gasteiger partial charge in [0.15, 0.2) is 0 Å². The molecule has 11 heavy (non-hydrogen) atoms. The van der Waals surface area contributed by atoms with Crippen LogP contribution in [0.5, 0.6) is 0 Å². The van der Waals surface area contributed by atoms with Crippen LogP contribution in [0.15, 0.2) is 0 Å². The first-order chi connectivity index (χ1) is 5.11. The molecule has 0 aromatic heterocycles.